The molecule has 1 aromatic rings. The molecule has 0 spiro atoms. The molecule has 1 N–H and O–H groups in total. The molecule has 1 fully saturated rings. The van der Waals surface area contributed by atoms with E-state index in [9.17, 15) is 9.18 Å². The Kier molecular flexibility index (Phi) is 3.59. The maximum atomic E-state index is 13.2. The Hall–Kier alpha value is -0.800. The number of benzene rings is 1. The van der Waals surface area contributed by atoms with Crippen LogP contribution in [0.4, 0.5) is 4.39 Å². The highest BCUT2D eigenvalue weighted by Gasteiger charge is 2.41. The van der Waals surface area contributed by atoms with Crippen LogP contribution in [0.1, 0.15) is 23.2 Å². The second-order valence-electron chi connectivity index (χ2n) is 4.45. The number of alkyl halides is 1. The van der Waals surface area contributed by atoms with Crippen molar-refractivity contribution in [2.45, 2.75) is 12.8 Å². The van der Waals surface area contributed by atoms with Gasteiger partial charge in [-0.1, -0.05) is 11.6 Å². The molecular weight excluding hydrogens is 264 g/mol. The van der Waals surface area contributed by atoms with Crippen LogP contribution in [0.2, 0.25) is 5.02 Å². The van der Waals surface area contributed by atoms with E-state index in [2.05, 4.69) is 5.32 Å². The van der Waals surface area contributed by atoms with E-state index >= 15 is 0 Å². The van der Waals surface area contributed by atoms with E-state index in [-0.39, 0.29) is 21.9 Å². The second-order valence-corrected chi connectivity index (χ2v) is 5.12. The van der Waals surface area contributed by atoms with E-state index in [1.165, 1.54) is 12.1 Å². The van der Waals surface area contributed by atoms with E-state index in [0.29, 0.717) is 12.4 Å². The fourth-order valence-corrected chi connectivity index (χ4v) is 2.02. The molecule has 1 amide bonds. The Bertz CT molecular complexity index is 446. The zero-order valence-electron chi connectivity index (χ0n) is 9.10. The molecule has 92 valence electrons. The number of halogens is 3. The normalized spacial score (nSPS) is 16.6. The average Bonchev–Trinajstić information content (AvgIpc) is 3.10. The molecule has 1 aliphatic carbocycles. The predicted octanol–water partition coefficient (Wildman–Crippen LogP) is 3.23. The molecule has 0 radical (unpaired) electrons. The quantitative estimate of drug-likeness (QED) is 0.840. The van der Waals surface area contributed by atoms with Crippen LogP contribution < -0.4 is 5.32 Å². The maximum absolute atomic E-state index is 13.2. The maximum Gasteiger partial charge on any atom is 0.251 e. The van der Waals surface area contributed by atoms with Crippen LogP contribution in [0.15, 0.2) is 18.2 Å². The summed E-state index contributed by atoms with van der Waals surface area (Å²) in [6, 6.07) is 4.01. The first-order valence-electron chi connectivity index (χ1n) is 5.36. The monoisotopic (exact) mass is 275 g/mol. The SMILES string of the molecule is O=C(NCC1(CCl)CC1)c1ccc(Cl)c(F)c1. The van der Waals surface area contributed by atoms with Crippen molar-refractivity contribution in [3.8, 4) is 0 Å². The Balaban J connectivity index is 1.97. The number of hydrogen-bond donors (Lipinski definition) is 1. The van der Waals surface area contributed by atoms with E-state index in [1.807, 2.05) is 0 Å². The number of nitrogens with one attached hydrogen (secondary N) is 1. The van der Waals surface area contributed by atoms with Gasteiger partial charge in [-0.2, -0.15) is 0 Å². The summed E-state index contributed by atoms with van der Waals surface area (Å²) < 4.78 is 13.2. The largest absolute Gasteiger partial charge is 0.351 e. The van der Waals surface area contributed by atoms with Gasteiger partial charge in [0.25, 0.3) is 5.91 Å². The molecule has 0 heterocycles. The third-order valence-corrected chi connectivity index (χ3v) is 3.92. The standard InChI is InChI=1S/C12H12Cl2FNO/c13-6-12(3-4-12)7-16-11(17)8-1-2-9(14)10(15)5-8/h1-2,5H,3-4,6-7H2,(H,16,17). The summed E-state index contributed by atoms with van der Waals surface area (Å²) in [4.78, 5) is 11.7. The lowest BCUT2D eigenvalue weighted by atomic mass is 10.1. The summed E-state index contributed by atoms with van der Waals surface area (Å²) >= 11 is 11.3. The van der Waals surface area contributed by atoms with Crippen molar-refractivity contribution >= 4 is 29.1 Å². The topological polar surface area (TPSA) is 29.1 Å². The number of amides is 1. The van der Waals surface area contributed by atoms with Gasteiger partial charge in [-0.3, -0.25) is 4.79 Å². The molecule has 0 atom stereocenters. The van der Waals surface area contributed by atoms with Crippen molar-refractivity contribution in [2.75, 3.05) is 12.4 Å². The van der Waals surface area contributed by atoms with Gasteiger partial charge >= 0.3 is 0 Å². The van der Waals surface area contributed by atoms with Crippen molar-refractivity contribution in [1.29, 1.82) is 0 Å². The summed E-state index contributed by atoms with van der Waals surface area (Å²) in [7, 11) is 0. The van der Waals surface area contributed by atoms with Crippen LogP contribution in [-0.2, 0) is 0 Å². The average molecular weight is 276 g/mol. The smallest absolute Gasteiger partial charge is 0.251 e. The first kappa shape index (κ1) is 12.7. The third kappa shape index (κ3) is 2.90. The van der Waals surface area contributed by atoms with E-state index in [0.717, 1.165) is 18.9 Å². The van der Waals surface area contributed by atoms with Crippen LogP contribution in [-0.4, -0.2) is 18.3 Å². The van der Waals surface area contributed by atoms with Gasteiger partial charge in [0, 0.05) is 23.4 Å². The summed E-state index contributed by atoms with van der Waals surface area (Å²) in [6.07, 6.45) is 2.07. The number of carbonyl (C=O) groups excluding carboxylic acids is 1. The van der Waals surface area contributed by atoms with Gasteiger partial charge < -0.3 is 5.32 Å². The Morgan fingerprint density at radius 3 is 2.71 bits per heavy atom. The van der Waals surface area contributed by atoms with E-state index in [1.54, 1.807) is 0 Å². The van der Waals surface area contributed by atoms with E-state index < -0.39 is 5.82 Å². The van der Waals surface area contributed by atoms with Gasteiger partial charge in [0.1, 0.15) is 5.82 Å². The Morgan fingerprint density at radius 1 is 1.47 bits per heavy atom. The molecule has 0 bridgehead atoms. The molecule has 2 nitrogen and oxygen atoms in total. The number of rotatable bonds is 4. The van der Waals surface area contributed by atoms with Gasteiger partial charge in [0.2, 0.25) is 0 Å². The third-order valence-electron chi connectivity index (χ3n) is 3.05. The van der Waals surface area contributed by atoms with Gasteiger partial charge in [-0.05, 0) is 31.0 Å². The highest BCUT2D eigenvalue weighted by Crippen LogP contribution is 2.45. The van der Waals surface area contributed by atoms with Gasteiger partial charge in [0.05, 0.1) is 5.02 Å². The predicted molar refractivity (Wildman–Crippen MR) is 66.1 cm³/mol. The minimum atomic E-state index is -0.585. The molecular formula is C12H12Cl2FNO. The first-order chi connectivity index (χ1) is 8.06. The lowest BCUT2D eigenvalue weighted by molar-refractivity contribution is 0.0946. The molecule has 17 heavy (non-hydrogen) atoms. The molecule has 0 aliphatic heterocycles. The Labute approximate surface area is 109 Å². The highest BCUT2D eigenvalue weighted by molar-refractivity contribution is 6.30. The molecule has 1 aromatic carbocycles. The van der Waals surface area contributed by atoms with Crippen molar-refractivity contribution in [2.24, 2.45) is 5.41 Å². The summed E-state index contributed by atoms with van der Waals surface area (Å²) in [5.41, 5.74) is 0.333. The van der Waals surface area contributed by atoms with Crippen molar-refractivity contribution in [1.82, 2.24) is 5.32 Å². The second kappa shape index (κ2) is 4.83. The minimum Gasteiger partial charge on any atom is -0.351 e. The Morgan fingerprint density at radius 2 is 2.18 bits per heavy atom. The number of carbonyl (C=O) groups is 1. The molecule has 0 unspecified atom stereocenters. The number of hydrogen-bond acceptors (Lipinski definition) is 1. The van der Waals surface area contributed by atoms with Crippen LogP contribution in [0.3, 0.4) is 0 Å². The molecule has 0 saturated heterocycles. The van der Waals surface area contributed by atoms with Crippen LogP contribution in [0.5, 0.6) is 0 Å². The summed E-state index contributed by atoms with van der Waals surface area (Å²) in [5, 5.41) is 2.78. The fraction of sp³-hybridized carbons (Fsp3) is 0.417. The van der Waals surface area contributed by atoms with Crippen molar-refractivity contribution in [3.05, 3.63) is 34.6 Å². The van der Waals surface area contributed by atoms with Crippen molar-refractivity contribution < 1.29 is 9.18 Å². The zero-order valence-corrected chi connectivity index (χ0v) is 10.6. The van der Waals surface area contributed by atoms with Crippen LogP contribution in [0, 0.1) is 11.2 Å². The molecule has 1 aliphatic rings. The minimum absolute atomic E-state index is 0.0148. The first-order valence-corrected chi connectivity index (χ1v) is 6.27. The van der Waals surface area contributed by atoms with Gasteiger partial charge in [-0.25, -0.2) is 4.39 Å². The summed E-state index contributed by atoms with van der Waals surface area (Å²) in [5.74, 6) is -0.336. The fourth-order valence-electron chi connectivity index (χ4n) is 1.54. The van der Waals surface area contributed by atoms with Crippen LogP contribution in [0.25, 0.3) is 0 Å². The van der Waals surface area contributed by atoms with Crippen LogP contribution >= 0.6 is 23.2 Å². The van der Waals surface area contributed by atoms with Gasteiger partial charge in [0.15, 0.2) is 0 Å². The molecule has 5 heteroatoms. The zero-order chi connectivity index (χ0) is 12.5. The highest BCUT2D eigenvalue weighted by atomic mass is 35.5. The lowest BCUT2D eigenvalue weighted by Crippen LogP contribution is -2.31. The molecule has 0 aromatic heterocycles. The molecule has 1 saturated carbocycles. The van der Waals surface area contributed by atoms with E-state index in [4.69, 9.17) is 23.2 Å². The summed E-state index contributed by atoms with van der Waals surface area (Å²) in [6.45, 7) is 0.541. The van der Waals surface area contributed by atoms with Gasteiger partial charge in [-0.15, -0.1) is 11.6 Å². The van der Waals surface area contributed by atoms with Crippen molar-refractivity contribution in [3.63, 3.8) is 0 Å². The molecule has 2 rings (SSSR count). The lowest BCUT2D eigenvalue weighted by Gasteiger charge is -2.12.